The number of hydrogen-bond acceptors (Lipinski definition) is 3. The summed E-state index contributed by atoms with van der Waals surface area (Å²) >= 11 is 11.8. The number of amides is 1. The SMILES string of the molecule is C[C@H]1C(=O)N(C)c2ccc(S(=O)(=O)Nc3ccc(Cl)cc3Cl)cc21. The first-order chi connectivity index (χ1) is 11.2. The summed E-state index contributed by atoms with van der Waals surface area (Å²) in [5, 5.41) is 0.617. The van der Waals surface area contributed by atoms with Crippen LogP contribution < -0.4 is 9.62 Å². The Morgan fingerprint density at radius 1 is 1.12 bits per heavy atom. The first-order valence-electron chi connectivity index (χ1n) is 7.10. The van der Waals surface area contributed by atoms with Gasteiger partial charge in [-0.05, 0) is 48.9 Å². The van der Waals surface area contributed by atoms with E-state index < -0.39 is 10.0 Å². The molecular weight excluding hydrogens is 371 g/mol. The van der Waals surface area contributed by atoms with Crippen molar-refractivity contribution in [2.24, 2.45) is 0 Å². The van der Waals surface area contributed by atoms with Gasteiger partial charge in [0.2, 0.25) is 5.91 Å². The number of fused-ring (bicyclic) bond motifs is 1. The lowest BCUT2D eigenvalue weighted by Crippen LogP contribution is -2.22. The number of halogens is 2. The molecule has 1 amide bonds. The fraction of sp³-hybridized carbons (Fsp3) is 0.188. The molecule has 0 radical (unpaired) electrons. The Morgan fingerprint density at radius 2 is 1.83 bits per heavy atom. The Balaban J connectivity index is 1.98. The maximum Gasteiger partial charge on any atom is 0.261 e. The molecule has 0 aliphatic carbocycles. The van der Waals surface area contributed by atoms with Crippen LogP contribution in [0.3, 0.4) is 0 Å². The smallest absolute Gasteiger partial charge is 0.261 e. The van der Waals surface area contributed by atoms with Crippen LogP contribution in [0.15, 0.2) is 41.3 Å². The number of sulfonamides is 1. The van der Waals surface area contributed by atoms with E-state index in [9.17, 15) is 13.2 Å². The Kier molecular flexibility index (Phi) is 4.23. The van der Waals surface area contributed by atoms with Crippen LogP contribution in [0.5, 0.6) is 0 Å². The second-order valence-corrected chi connectivity index (χ2v) is 8.10. The Morgan fingerprint density at radius 3 is 2.50 bits per heavy atom. The van der Waals surface area contributed by atoms with E-state index in [4.69, 9.17) is 23.2 Å². The van der Waals surface area contributed by atoms with Crippen LogP contribution in [0.4, 0.5) is 11.4 Å². The number of likely N-dealkylation sites (N-methyl/N-ethyl adjacent to an activating group) is 1. The van der Waals surface area contributed by atoms with Gasteiger partial charge in [-0.25, -0.2) is 8.42 Å². The summed E-state index contributed by atoms with van der Waals surface area (Å²) in [4.78, 5) is 13.6. The maximum absolute atomic E-state index is 12.6. The summed E-state index contributed by atoms with van der Waals surface area (Å²) in [6, 6.07) is 9.12. The van der Waals surface area contributed by atoms with Crippen LogP contribution in [0.1, 0.15) is 18.4 Å². The van der Waals surface area contributed by atoms with Gasteiger partial charge in [0, 0.05) is 17.8 Å². The summed E-state index contributed by atoms with van der Waals surface area (Å²) in [6.45, 7) is 1.75. The predicted octanol–water partition coefficient (Wildman–Crippen LogP) is 3.87. The first-order valence-corrected chi connectivity index (χ1v) is 9.34. The third kappa shape index (κ3) is 2.85. The van der Waals surface area contributed by atoms with Crippen molar-refractivity contribution in [2.75, 3.05) is 16.7 Å². The van der Waals surface area contributed by atoms with Gasteiger partial charge in [-0.15, -0.1) is 0 Å². The average Bonchev–Trinajstić information content (AvgIpc) is 2.74. The minimum absolute atomic E-state index is 0.0618. The molecule has 3 rings (SSSR count). The molecule has 1 heterocycles. The lowest BCUT2D eigenvalue weighted by atomic mass is 10.0. The minimum atomic E-state index is -3.84. The van der Waals surface area contributed by atoms with E-state index in [2.05, 4.69) is 4.72 Å². The molecule has 0 spiro atoms. The molecule has 1 atom stereocenters. The molecule has 0 aromatic heterocycles. The highest BCUT2D eigenvalue weighted by atomic mass is 35.5. The van der Waals surface area contributed by atoms with Crippen molar-refractivity contribution >= 4 is 50.5 Å². The molecule has 126 valence electrons. The zero-order chi connectivity index (χ0) is 17.6. The number of hydrogen-bond donors (Lipinski definition) is 1. The summed E-state index contributed by atoms with van der Waals surface area (Å²) < 4.78 is 27.7. The molecular formula is C16H14Cl2N2O3S. The molecule has 0 fully saturated rings. The molecule has 8 heteroatoms. The first kappa shape index (κ1) is 17.1. The van der Waals surface area contributed by atoms with Gasteiger partial charge in [0.15, 0.2) is 0 Å². The lowest BCUT2D eigenvalue weighted by Gasteiger charge is -2.12. The largest absolute Gasteiger partial charge is 0.315 e. The van der Waals surface area contributed by atoms with E-state index in [1.54, 1.807) is 26.1 Å². The molecule has 0 saturated heterocycles. The molecule has 1 aliphatic heterocycles. The van der Waals surface area contributed by atoms with Crippen molar-refractivity contribution < 1.29 is 13.2 Å². The molecule has 5 nitrogen and oxygen atoms in total. The monoisotopic (exact) mass is 384 g/mol. The van der Waals surface area contributed by atoms with E-state index in [0.717, 1.165) is 5.69 Å². The summed E-state index contributed by atoms with van der Waals surface area (Å²) in [5.41, 5.74) is 1.64. The molecule has 1 aliphatic rings. The van der Waals surface area contributed by atoms with E-state index >= 15 is 0 Å². The van der Waals surface area contributed by atoms with Gasteiger partial charge in [0.25, 0.3) is 10.0 Å². The molecule has 2 aromatic carbocycles. The summed E-state index contributed by atoms with van der Waals surface area (Å²) in [5.74, 6) is -0.437. The van der Waals surface area contributed by atoms with E-state index in [1.165, 1.54) is 29.2 Å². The molecule has 2 aromatic rings. The highest BCUT2D eigenvalue weighted by molar-refractivity contribution is 7.92. The maximum atomic E-state index is 12.6. The average molecular weight is 385 g/mol. The predicted molar refractivity (Wildman–Crippen MR) is 95.5 cm³/mol. The van der Waals surface area contributed by atoms with Crippen LogP contribution >= 0.6 is 23.2 Å². The van der Waals surface area contributed by atoms with Crippen molar-refractivity contribution in [3.63, 3.8) is 0 Å². The van der Waals surface area contributed by atoms with Gasteiger partial charge in [0.1, 0.15) is 0 Å². The molecule has 1 N–H and O–H groups in total. The fourth-order valence-corrected chi connectivity index (χ4v) is 4.30. The van der Waals surface area contributed by atoms with E-state index in [0.29, 0.717) is 10.6 Å². The zero-order valence-electron chi connectivity index (χ0n) is 12.9. The Hall–Kier alpha value is -1.76. The van der Waals surface area contributed by atoms with Crippen molar-refractivity contribution in [1.82, 2.24) is 0 Å². The van der Waals surface area contributed by atoms with Crippen LogP contribution in [-0.2, 0) is 14.8 Å². The van der Waals surface area contributed by atoms with Gasteiger partial charge in [-0.3, -0.25) is 9.52 Å². The number of anilines is 2. The number of benzene rings is 2. The summed E-state index contributed by atoms with van der Waals surface area (Å²) in [7, 11) is -2.16. The van der Waals surface area contributed by atoms with E-state index in [-0.39, 0.29) is 27.4 Å². The topological polar surface area (TPSA) is 66.5 Å². The second kappa shape index (κ2) is 5.95. The van der Waals surface area contributed by atoms with Crippen LogP contribution in [-0.4, -0.2) is 21.4 Å². The van der Waals surface area contributed by atoms with Crippen molar-refractivity contribution in [3.8, 4) is 0 Å². The molecule has 0 unspecified atom stereocenters. The third-order valence-electron chi connectivity index (χ3n) is 4.01. The summed E-state index contributed by atoms with van der Waals surface area (Å²) in [6.07, 6.45) is 0. The molecule has 24 heavy (non-hydrogen) atoms. The fourth-order valence-electron chi connectivity index (χ4n) is 2.67. The van der Waals surface area contributed by atoms with Gasteiger partial charge in [-0.1, -0.05) is 23.2 Å². The standard InChI is InChI=1S/C16H14Cl2N2O3S/c1-9-12-8-11(4-6-15(12)20(2)16(9)21)24(22,23)19-14-5-3-10(17)7-13(14)18/h3-9,19H,1-2H3/t9-/m1/s1. The Bertz CT molecular complexity index is 944. The number of rotatable bonds is 3. The number of carbonyl (C=O) groups excluding carboxylic acids is 1. The lowest BCUT2D eigenvalue weighted by molar-refractivity contribution is -0.118. The normalized spacial score (nSPS) is 17.1. The zero-order valence-corrected chi connectivity index (χ0v) is 15.2. The Labute approximate surface area is 150 Å². The highest BCUT2D eigenvalue weighted by Gasteiger charge is 2.33. The van der Waals surface area contributed by atoms with Crippen molar-refractivity contribution in [3.05, 3.63) is 52.0 Å². The molecule has 0 bridgehead atoms. The second-order valence-electron chi connectivity index (χ2n) is 5.57. The van der Waals surface area contributed by atoms with Crippen molar-refractivity contribution in [2.45, 2.75) is 17.7 Å². The van der Waals surface area contributed by atoms with Gasteiger partial charge >= 0.3 is 0 Å². The van der Waals surface area contributed by atoms with Crippen molar-refractivity contribution in [1.29, 1.82) is 0 Å². The van der Waals surface area contributed by atoms with Crippen LogP contribution in [0, 0.1) is 0 Å². The van der Waals surface area contributed by atoms with Crippen LogP contribution in [0.2, 0.25) is 10.0 Å². The van der Waals surface area contributed by atoms with Gasteiger partial charge in [-0.2, -0.15) is 0 Å². The number of nitrogens with one attached hydrogen (secondary N) is 1. The number of nitrogens with zero attached hydrogens (tertiary/aromatic N) is 1. The third-order valence-corrected chi connectivity index (χ3v) is 5.92. The van der Waals surface area contributed by atoms with Gasteiger partial charge < -0.3 is 4.90 Å². The van der Waals surface area contributed by atoms with Crippen LogP contribution in [0.25, 0.3) is 0 Å². The van der Waals surface area contributed by atoms with E-state index in [1.807, 2.05) is 0 Å². The molecule has 0 saturated carbocycles. The highest BCUT2D eigenvalue weighted by Crippen LogP contribution is 2.37. The van der Waals surface area contributed by atoms with Gasteiger partial charge in [0.05, 0.1) is 21.5 Å². The minimum Gasteiger partial charge on any atom is -0.315 e. The quantitative estimate of drug-likeness (QED) is 0.872. The number of carbonyl (C=O) groups is 1.